The molecule has 7 nitrogen and oxygen atoms in total. The van der Waals surface area contributed by atoms with Crippen molar-refractivity contribution >= 4 is 35.3 Å². The number of nitrogens with one attached hydrogen (secondary N) is 1. The van der Waals surface area contributed by atoms with Crippen LogP contribution in [0, 0.1) is 0 Å². The van der Waals surface area contributed by atoms with Crippen LogP contribution in [0.1, 0.15) is 46.8 Å². The molecule has 156 valence electrons. The van der Waals surface area contributed by atoms with E-state index in [0.717, 1.165) is 11.1 Å². The number of benzene rings is 2. The maximum atomic E-state index is 12.7. The van der Waals surface area contributed by atoms with Crippen molar-refractivity contribution in [3.05, 3.63) is 70.2 Å². The Balaban J connectivity index is 1.70. The highest BCUT2D eigenvalue weighted by molar-refractivity contribution is 6.30. The van der Waals surface area contributed by atoms with Crippen molar-refractivity contribution in [3.63, 3.8) is 0 Å². The number of ether oxygens (including phenoxy) is 1. The Hall–Kier alpha value is -3.19. The smallest absolute Gasteiger partial charge is 0.307 e. The van der Waals surface area contributed by atoms with E-state index in [4.69, 9.17) is 16.3 Å². The second-order valence-electron chi connectivity index (χ2n) is 6.93. The largest absolute Gasteiger partial charge is 0.469 e. The number of amides is 3. The molecule has 0 spiro atoms. The summed E-state index contributed by atoms with van der Waals surface area (Å²) < 4.78 is 4.73. The summed E-state index contributed by atoms with van der Waals surface area (Å²) in [4.78, 5) is 49.2. The number of methoxy groups -OCH3 is 1. The first kappa shape index (κ1) is 21.5. The van der Waals surface area contributed by atoms with Gasteiger partial charge < -0.3 is 10.1 Å². The Morgan fingerprint density at radius 1 is 1.03 bits per heavy atom. The van der Waals surface area contributed by atoms with Gasteiger partial charge in [0.2, 0.25) is 11.8 Å². The van der Waals surface area contributed by atoms with Crippen molar-refractivity contribution < 1.29 is 23.9 Å². The van der Waals surface area contributed by atoms with Crippen LogP contribution in [0.15, 0.2) is 48.5 Å². The maximum absolute atomic E-state index is 12.7. The van der Waals surface area contributed by atoms with Gasteiger partial charge in [-0.1, -0.05) is 35.9 Å². The van der Waals surface area contributed by atoms with E-state index in [0.29, 0.717) is 10.6 Å². The molecular weight excluding hydrogens is 408 g/mol. The molecule has 2 aromatic rings. The zero-order valence-corrected chi connectivity index (χ0v) is 17.1. The van der Waals surface area contributed by atoms with E-state index in [-0.39, 0.29) is 43.5 Å². The fourth-order valence-corrected chi connectivity index (χ4v) is 3.31. The number of halogens is 1. The summed E-state index contributed by atoms with van der Waals surface area (Å²) in [5.41, 5.74) is 1.86. The number of carbonyl (C=O) groups excluding carboxylic acids is 4. The van der Waals surface area contributed by atoms with Crippen LogP contribution >= 0.6 is 11.6 Å². The number of imide groups is 1. The van der Waals surface area contributed by atoms with Crippen LogP contribution in [0.3, 0.4) is 0 Å². The quantitative estimate of drug-likeness (QED) is 0.540. The van der Waals surface area contributed by atoms with Crippen molar-refractivity contribution in [2.45, 2.75) is 31.8 Å². The number of hydrogen-bond acceptors (Lipinski definition) is 5. The van der Waals surface area contributed by atoms with Gasteiger partial charge in [0.05, 0.1) is 26.1 Å². The Kier molecular flexibility index (Phi) is 6.84. The number of rotatable bonds is 7. The van der Waals surface area contributed by atoms with E-state index in [1.54, 1.807) is 48.5 Å². The topological polar surface area (TPSA) is 92.8 Å². The summed E-state index contributed by atoms with van der Waals surface area (Å²) in [6.07, 6.45) is 0.457. The third kappa shape index (κ3) is 5.24. The fourth-order valence-electron chi connectivity index (χ4n) is 3.18. The zero-order valence-electron chi connectivity index (χ0n) is 16.4. The van der Waals surface area contributed by atoms with E-state index in [1.807, 2.05) is 0 Å². The first-order valence-corrected chi connectivity index (χ1v) is 9.80. The van der Waals surface area contributed by atoms with Crippen molar-refractivity contribution in [2.24, 2.45) is 0 Å². The van der Waals surface area contributed by atoms with E-state index in [1.165, 1.54) is 12.0 Å². The van der Waals surface area contributed by atoms with Crippen molar-refractivity contribution in [2.75, 3.05) is 7.11 Å². The van der Waals surface area contributed by atoms with E-state index < -0.39 is 12.0 Å². The van der Waals surface area contributed by atoms with Crippen molar-refractivity contribution in [3.8, 4) is 0 Å². The van der Waals surface area contributed by atoms with Gasteiger partial charge in [-0.3, -0.25) is 24.1 Å². The van der Waals surface area contributed by atoms with Crippen LogP contribution in [0.25, 0.3) is 0 Å². The molecule has 0 saturated carbocycles. The Morgan fingerprint density at radius 2 is 1.63 bits per heavy atom. The molecule has 1 N–H and O–H groups in total. The molecule has 1 heterocycles. The molecule has 1 aliphatic heterocycles. The van der Waals surface area contributed by atoms with E-state index >= 15 is 0 Å². The minimum Gasteiger partial charge on any atom is -0.469 e. The molecule has 3 amide bonds. The lowest BCUT2D eigenvalue weighted by molar-refractivity contribution is -0.141. The predicted octanol–water partition coefficient (Wildman–Crippen LogP) is 3.02. The zero-order chi connectivity index (χ0) is 21.7. The number of carbonyl (C=O) groups is 4. The lowest BCUT2D eigenvalue weighted by Crippen LogP contribution is -2.30. The van der Waals surface area contributed by atoms with Crippen LogP contribution in [0.4, 0.5) is 0 Å². The number of likely N-dealkylation sites (tertiary alicyclic amines) is 1. The second-order valence-corrected chi connectivity index (χ2v) is 7.36. The lowest BCUT2D eigenvalue weighted by atomic mass is 10.0. The van der Waals surface area contributed by atoms with Gasteiger partial charge in [-0.2, -0.15) is 0 Å². The van der Waals surface area contributed by atoms with Crippen LogP contribution in [-0.4, -0.2) is 35.7 Å². The molecule has 0 unspecified atom stereocenters. The van der Waals surface area contributed by atoms with Crippen molar-refractivity contribution in [1.82, 2.24) is 10.2 Å². The predicted molar refractivity (Wildman–Crippen MR) is 110 cm³/mol. The molecule has 0 aromatic heterocycles. The lowest BCUT2D eigenvalue weighted by Gasteiger charge is -2.19. The van der Waals surface area contributed by atoms with Gasteiger partial charge >= 0.3 is 5.97 Å². The van der Waals surface area contributed by atoms with Gasteiger partial charge in [0, 0.05) is 23.4 Å². The second kappa shape index (κ2) is 9.54. The molecule has 0 bridgehead atoms. The highest BCUT2D eigenvalue weighted by Gasteiger charge is 2.28. The van der Waals surface area contributed by atoms with Crippen LogP contribution < -0.4 is 5.32 Å². The molecule has 8 heteroatoms. The molecule has 2 aromatic carbocycles. The number of esters is 1. The van der Waals surface area contributed by atoms with Crippen molar-refractivity contribution in [1.29, 1.82) is 0 Å². The average Bonchev–Trinajstić information content (AvgIpc) is 3.06. The van der Waals surface area contributed by atoms with Gasteiger partial charge in [-0.05, 0) is 35.4 Å². The van der Waals surface area contributed by atoms with Gasteiger partial charge in [0.25, 0.3) is 5.91 Å². The number of hydrogen-bond donors (Lipinski definition) is 1. The molecule has 1 saturated heterocycles. The van der Waals surface area contributed by atoms with E-state index in [2.05, 4.69) is 5.32 Å². The number of nitrogens with zero attached hydrogens (tertiary/aromatic N) is 1. The standard InChI is InChI=1S/C22H21ClN2O5/c1-30-21(28)12-18(15-6-8-17(23)9-7-15)24-22(29)16-4-2-14(3-5-16)13-25-19(26)10-11-20(25)27/h2-9,18H,10-13H2,1H3,(H,24,29)/t18-/m1/s1. The normalized spacial score (nSPS) is 14.5. The highest BCUT2D eigenvalue weighted by atomic mass is 35.5. The first-order valence-electron chi connectivity index (χ1n) is 9.42. The fraction of sp³-hybridized carbons (Fsp3) is 0.273. The van der Waals surface area contributed by atoms with Gasteiger partial charge in [-0.25, -0.2) is 0 Å². The van der Waals surface area contributed by atoms with E-state index in [9.17, 15) is 19.2 Å². The molecule has 30 heavy (non-hydrogen) atoms. The summed E-state index contributed by atoms with van der Waals surface area (Å²) in [5, 5.41) is 3.39. The molecule has 1 atom stereocenters. The highest BCUT2D eigenvalue weighted by Crippen LogP contribution is 2.21. The summed E-state index contributed by atoms with van der Waals surface area (Å²) in [6.45, 7) is 0.190. The molecule has 1 aliphatic rings. The Morgan fingerprint density at radius 3 is 2.20 bits per heavy atom. The summed E-state index contributed by atoms with van der Waals surface area (Å²) in [5.74, 6) is -1.19. The third-order valence-corrected chi connectivity index (χ3v) is 5.14. The average molecular weight is 429 g/mol. The molecule has 0 radical (unpaired) electrons. The first-order chi connectivity index (χ1) is 14.4. The summed E-state index contributed by atoms with van der Waals surface area (Å²) in [7, 11) is 1.29. The molecule has 1 fully saturated rings. The van der Waals surface area contributed by atoms with Gasteiger partial charge in [0.15, 0.2) is 0 Å². The SMILES string of the molecule is COC(=O)C[C@@H](NC(=O)c1ccc(CN2C(=O)CCC2=O)cc1)c1ccc(Cl)cc1. The van der Waals surface area contributed by atoms with Gasteiger partial charge in [-0.15, -0.1) is 0 Å². The van der Waals surface area contributed by atoms with Gasteiger partial charge in [0.1, 0.15) is 0 Å². The van der Waals surface area contributed by atoms with Crippen LogP contribution in [-0.2, 0) is 25.7 Å². The minimum absolute atomic E-state index is 0.0266. The Bertz CT molecular complexity index is 940. The van der Waals surface area contributed by atoms with Crippen LogP contribution in [0.5, 0.6) is 0 Å². The Labute approximate surface area is 179 Å². The third-order valence-electron chi connectivity index (χ3n) is 4.89. The minimum atomic E-state index is -0.582. The van der Waals surface area contributed by atoms with Crippen LogP contribution in [0.2, 0.25) is 5.02 Å². The maximum Gasteiger partial charge on any atom is 0.307 e. The summed E-state index contributed by atoms with van der Waals surface area (Å²) >= 11 is 5.92. The summed E-state index contributed by atoms with van der Waals surface area (Å²) in [6, 6.07) is 12.9. The molecular formula is C22H21ClN2O5. The molecule has 0 aliphatic carbocycles. The molecule has 3 rings (SSSR count). The monoisotopic (exact) mass is 428 g/mol.